The van der Waals surface area contributed by atoms with Crippen LogP contribution in [0, 0.1) is 5.92 Å². The number of carbonyl (C=O) groups is 2. The first-order valence-electron chi connectivity index (χ1n) is 5.25. The first-order valence-corrected chi connectivity index (χ1v) is 7.74. The van der Waals surface area contributed by atoms with E-state index in [9.17, 15) is 9.59 Å². The number of carboxylic acid groups (broad SMARTS) is 1. The van der Waals surface area contributed by atoms with Gasteiger partial charge in [0.05, 0.1) is 10.1 Å². The third-order valence-electron chi connectivity index (χ3n) is 2.08. The van der Waals surface area contributed by atoms with Gasteiger partial charge in [-0.15, -0.1) is 23.1 Å². The second-order valence-electron chi connectivity index (χ2n) is 3.59. The third-order valence-corrected chi connectivity index (χ3v) is 4.82. The summed E-state index contributed by atoms with van der Waals surface area (Å²) >= 11 is 6.87. The molecule has 1 aromatic heterocycles. The van der Waals surface area contributed by atoms with Gasteiger partial charge in [0.25, 0.3) is 0 Å². The Hall–Kier alpha value is -0.660. The van der Waals surface area contributed by atoms with Crippen LogP contribution in [0.2, 0.25) is 0 Å². The minimum Gasteiger partial charge on any atom is -0.478 e. The van der Waals surface area contributed by atoms with Gasteiger partial charge < -0.3 is 9.84 Å². The van der Waals surface area contributed by atoms with Crippen LogP contribution in [0.25, 0.3) is 0 Å². The number of thioether (sulfide) groups is 1. The molecule has 0 saturated heterocycles. The molecule has 0 aromatic carbocycles. The minimum atomic E-state index is -1.13. The van der Waals surface area contributed by atoms with E-state index in [1.54, 1.807) is 6.92 Å². The number of carbonyl (C=O) groups excluding carboxylic acids is 1. The summed E-state index contributed by atoms with van der Waals surface area (Å²) in [5.74, 6) is -1.51. The van der Waals surface area contributed by atoms with Crippen molar-refractivity contribution in [1.82, 2.24) is 0 Å². The molecule has 0 radical (unpaired) electrons. The molecular formula is C11H14O4S3. The molecule has 0 aliphatic rings. The monoisotopic (exact) mass is 306 g/mol. The van der Waals surface area contributed by atoms with E-state index in [-0.39, 0.29) is 5.75 Å². The number of esters is 1. The molecule has 1 heterocycles. The zero-order chi connectivity index (χ0) is 13.5. The van der Waals surface area contributed by atoms with Gasteiger partial charge >= 0.3 is 11.9 Å². The van der Waals surface area contributed by atoms with Crippen molar-refractivity contribution in [2.24, 2.45) is 5.92 Å². The molecule has 0 unspecified atom stereocenters. The highest BCUT2D eigenvalue weighted by molar-refractivity contribution is 8.01. The zero-order valence-electron chi connectivity index (χ0n) is 9.74. The highest BCUT2D eigenvalue weighted by Gasteiger charge is 2.25. The molecule has 0 spiro atoms. The van der Waals surface area contributed by atoms with E-state index >= 15 is 0 Å². The first-order chi connectivity index (χ1) is 8.54. The van der Waals surface area contributed by atoms with Crippen molar-refractivity contribution >= 4 is 47.7 Å². The minimum absolute atomic E-state index is 0.209. The van der Waals surface area contributed by atoms with Crippen molar-refractivity contribution in [2.45, 2.75) is 17.2 Å². The second kappa shape index (κ2) is 7.70. The number of ether oxygens (including phenoxy) is 1. The molecule has 1 N–H and O–H groups in total. The molecular weight excluding hydrogens is 292 g/mol. The van der Waals surface area contributed by atoms with Crippen molar-refractivity contribution in [2.75, 3.05) is 11.5 Å². The molecule has 2 atom stereocenters. The van der Waals surface area contributed by atoms with Crippen LogP contribution < -0.4 is 0 Å². The molecule has 0 amide bonds. The molecule has 18 heavy (non-hydrogen) atoms. The maximum atomic E-state index is 11.5. The molecule has 1 rings (SSSR count). The van der Waals surface area contributed by atoms with E-state index in [1.807, 2.05) is 17.5 Å². The first kappa shape index (κ1) is 15.4. The lowest BCUT2D eigenvalue weighted by Crippen LogP contribution is -2.32. The molecule has 4 nitrogen and oxygen atoms in total. The maximum absolute atomic E-state index is 11.5. The van der Waals surface area contributed by atoms with Gasteiger partial charge in [0, 0.05) is 11.5 Å². The number of carboxylic acids is 1. The van der Waals surface area contributed by atoms with Crippen LogP contribution in [0.3, 0.4) is 0 Å². The third kappa shape index (κ3) is 4.91. The van der Waals surface area contributed by atoms with Gasteiger partial charge in [0.2, 0.25) is 6.10 Å². The molecule has 0 fully saturated rings. The normalized spacial score (nSPS) is 13.9. The van der Waals surface area contributed by atoms with Crippen LogP contribution in [-0.4, -0.2) is 34.7 Å². The lowest BCUT2D eigenvalue weighted by atomic mass is 10.2. The lowest BCUT2D eigenvalue weighted by molar-refractivity contribution is -0.164. The fourth-order valence-corrected chi connectivity index (χ4v) is 2.93. The molecule has 0 aliphatic carbocycles. The van der Waals surface area contributed by atoms with Gasteiger partial charge in [-0.05, 0) is 11.4 Å². The molecule has 100 valence electrons. The van der Waals surface area contributed by atoms with Crippen molar-refractivity contribution in [1.29, 1.82) is 0 Å². The molecule has 0 saturated carbocycles. The van der Waals surface area contributed by atoms with Gasteiger partial charge in [-0.2, -0.15) is 12.6 Å². The Morgan fingerprint density at radius 1 is 1.61 bits per heavy atom. The van der Waals surface area contributed by atoms with Gasteiger partial charge in [-0.25, -0.2) is 4.79 Å². The standard InChI is InChI=1S/C11H14O4S3/c1-7(5-16)11(14)15-8(10(12)13)6-18-9-3-2-4-17-9/h2-4,7-8,16H,5-6H2,1H3,(H,12,13)/t7-,8+/m1/s1. The highest BCUT2D eigenvalue weighted by Crippen LogP contribution is 2.24. The summed E-state index contributed by atoms with van der Waals surface area (Å²) in [6.07, 6.45) is -1.12. The van der Waals surface area contributed by atoms with Gasteiger partial charge in [-0.3, -0.25) is 4.79 Å². The van der Waals surface area contributed by atoms with Crippen molar-refractivity contribution in [3.05, 3.63) is 17.5 Å². The van der Waals surface area contributed by atoms with Crippen LogP contribution >= 0.6 is 35.7 Å². The van der Waals surface area contributed by atoms with E-state index in [2.05, 4.69) is 12.6 Å². The number of thiol groups is 1. The fourth-order valence-electron chi connectivity index (χ4n) is 0.990. The lowest BCUT2D eigenvalue weighted by Gasteiger charge is -2.15. The summed E-state index contributed by atoms with van der Waals surface area (Å²) in [6.45, 7) is 1.65. The van der Waals surface area contributed by atoms with Gasteiger partial charge in [-0.1, -0.05) is 13.0 Å². The molecule has 0 bridgehead atoms. The number of rotatable bonds is 7. The predicted octanol–water partition coefficient (Wildman–Crippen LogP) is 2.40. The van der Waals surface area contributed by atoms with E-state index in [0.717, 1.165) is 4.21 Å². The molecule has 7 heteroatoms. The summed E-state index contributed by atoms with van der Waals surface area (Å²) in [7, 11) is 0. The maximum Gasteiger partial charge on any atom is 0.345 e. The summed E-state index contributed by atoms with van der Waals surface area (Å²) in [5, 5.41) is 10.9. The number of hydrogen-bond acceptors (Lipinski definition) is 6. The van der Waals surface area contributed by atoms with Crippen molar-refractivity contribution < 1.29 is 19.4 Å². The largest absolute Gasteiger partial charge is 0.478 e. The number of thiophene rings is 1. The van der Waals surface area contributed by atoms with E-state index in [1.165, 1.54) is 23.1 Å². The quantitative estimate of drug-likeness (QED) is 0.460. The summed E-state index contributed by atoms with van der Waals surface area (Å²) < 4.78 is 5.96. The van der Waals surface area contributed by atoms with E-state index in [0.29, 0.717) is 5.75 Å². The Balaban J connectivity index is 2.50. The van der Waals surface area contributed by atoms with Crippen LogP contribution in [-0.2, 0) is 14.3 Å². The summed E-state index contributed by atoms with van der Waals surface area (Å²) in [5.41, 5.74) is 0. The topological polar surface area (TPSA) is 63.6 Å². The Morgan fingerprint density at radius 3 is 2.83 bits per heavy atom. The van der Waals surface area contributed by atoms with Crippen LogP contribution in [0.1, 0.15) is 6.92 Å². The molecule has 0 aliphatic heterocycles. The number of aliphatic carboxylic acids is 1. The smallest absolute Gasteiger partial charge is 0.345 e. The highest BCUT2D eigenvalue weighted by atomic mass is 32.2. The second-order valence-corrected chi connectivity index (χ2v) is 6.22. The average Bonchev–Trinajstić information content (AvgIpc) is 2.85. The Kier molecular flexibility index (Phi) is 6.59. The Morgan fingerprint density at radius 2 is 2.33 bits per heavy atom. The summed E-state index contributed by atoms with van der Waals surface area (Å²) in [6, 6.07) is 3.78. The number of hydrogen-bond donors (Lipinski definition) is 2. The van der Waals surface area contributed by atoms with Gasteiger partial charge in [0.15, 0.2) is 0 Å². The summed E-state index contributed by atoms with van der Waals surface area (Å²) in [4.78, 5) is 22.5. The van der Waals surface area contributed by atoms with Gasteiger partial charge in [0.1, 0.15) is 0 Å². The Labute approximate surface area is 119 Å². The SMILES string of the molecule is C[C@H](CS)C(=O)O[C@@H](CSc1cccs1)C(=O)O. The van der Waals surface area contributed by atoms with Crippen molar-refractivity contribution in [3.8, 4) is 0 Å². The Bertz CT molecular complexity index is 391. The van der Waals surface area contributed by atoms with Crippen molar-refractivity contribution in [3.63, 3.8) is 0 Å². The predicted molar refractivity (Wildman–Crippen MR) is 75.6 cm³/mol. The van der Waals surface area contributed by atoms with Crippen LogP contribution in [0.5, 0.6) is 0 Å². The van der Waals surface area contributed by atoms with Crippen LogP contribution in [0.15, 0.2) is 21.7 Å². The van der Waals surface area contributed by atoms with E-state index < -0.39 is 24.0 Å². The van der Waals surface area contributed by atoms with Crippen LogP contribution in [0.4, 0.5) is 0 Å². The zero-order valence-corrected chi connectivity index (χ0v) is 12.3. The van der Waals surface area contributed by atoms with E-state index in [4.69, 9.17) is 9.84 Å². The average molecular weight is 306 g/mol. The fraction of sp³-hybridized carbons (Fsp3) is 0.455. The molecule has 1 aromatic rings.